The minimum absolute atomic E-state index is 0.238. The van der Waals surface area contributed by atoms with E-state index in [2.05, 4.69) is 12.4 Å². The van der Waals surface area contributed by atoms with E-state index in [1.54, 1.807) is 6.07 Å². The molecule has 1 aromatic carbocycles. The van der Waals surface area contributed by atoms with E-state index in [1.807, 2.05) is 19.1 Å². The molecule has 0 fully saturated rings. The summed E-state index contributed by atoms with van der Waals surface area (Å²) >= 11 is 0. The third kappa shape index (κ3) is 5.93. The van der Waals surface area contributed by atoms with Crippen molar-refractivity contribution in [1.29, 1.82) is 0 Å². The van der Waals surface area contributed by atoms with Crippen molar-refractivity contribution in [2.45, 2.75) is 71.3 Å². The van der Waals surface area contributed by atoms with Crippen molar-refractivity contribution in [3.63, 3.8) is 0 Å². The Morgan fingerprint density at radius 3 is 2.35 bits per heavy atom. The highest BCUT2D eigenvalue weighted by atomic mass is 16.5. The summed E-state index contributed by atoms with van der Waals surface area (Å²) < 4.78 is 0. The Kier molecular flexibility index (Phi) is 8.31. The Hall–Kier alpha value is -1.06. The summed E-state index contributed by atoms with van der Waals surface area (Å²) in [6, 6.07) is 5.43. The van der Waals surface area contributed by atoms with Crippen LogP contribution in [0.5, 0.6) is 5.75 Å². The molecule has 1 rings (SSSR count). The van der Waals surface area contributed by atoms with Gasteiger partial charge in [-0.3, -0.25) is 0 Å². The molecular weight excluding hydrogens is 250 g/mol. The van der Waals surface area contributed by atoms with Crippen LogP contribution in [0.1, 0.15) is 76.0 Å². The zero-order valence-electron chi connectivity index (χ0n) is 12.9. The Morgan fingerprint density at radius 2 is 1.70 bits per heavy atom. The number of hydrogen-bond acceptors (Lipinski definition) is 3. The predicted octanol–water partition coefficient (Wildman–Crippen LogP) is 4.73. The molecule has 3 heteroatoms. The van der Waals surface area contributed by atoms with Gasteiger partial charge in [0.25, 0.3) is 0 Å². The first-order valence-electron chi connectivity index (χ1n) is 7.90. The minimum Gasteiger partial charge on any atom is -0.508 e. The van der Waals surface area contributed by atoms with Crippen LogP contribution in [0.2, 0.25) is 0 Å². The first kappa shape index (κ1) is 17.0. The van der Waals surface area contributed by atoms with Gasteiger partial charge in [0.1, 0.15) is 5.75 Å². The van der Waals surface area contributed by atoms with E-state index in [1.165, 1.54) is 50.5 Å². The van der Waals surface area contributed by atoms with E-state index in [9.17, 15) is 5.11 Å². The van der Waals surface area contributed by atoms with Gasteiger partial charge in [-0.25, -0.2) is 0 Å². The minimum atomic E-state index is -0.246. The zero-order valence-corrected chi connectivity index (χ0v) is 12.9. The highest BCUT2D eigenvalue weighted by Gasteiger charge is 2.09. The summed E-state index contributed by atoms with van der Waals surface area (Å²) in [4.78, 5) is 0. The Bertz CT molecular complexity index is 379. The smallest absolute Gasteiger partial charge is 0.120 e. The molecule has 0 spiro atoms. The van der Waals surface area contributed by atoms with Crippen LogP contribution in [-0.2, 0) is 6.42 Å². The van der Waals surface area contributed by atoms with E-state index in [-0.39, 0.29) is 11.8 Å². The number of unbranched alkanes of at least 4 members (excludes halogenated alkanes) is 6. The van der Waals surface area contributed by atoms with Crippen molar-refractivity contribution in [2.75, 3.05) is 0 Å². The summed E-state index contributed by atoms with van der Waals surface area (Å²) in [7, 11) is 0. The van der Waals surface area contributed by atoms with Gasteiger partial charge in [-0.2, -0.15) is 5.48 Å². The van der Waals surface area contributed by atoms with Gasteiger partial charge in [-0.15, -0.1) is 0 Å². The zero-order chi connectivity index (χ0) is 14.8. The van der Waals surface area contributed by atoms with Crippen LogP contribution in [-0.4, -0.2) is 10.3 Å². The molecule has 1 atom stereocenters. The third-order valence-corrected chi connectivity index (χ3v) is 3.82. The second-order valence-electron chi connectivity index (χ2n) is 5.62. The molecule has 114 valence electrons. The summed E-state index contributed by atoms with van der Waals surface area (Å²) in [5.74, 6) is 0.238. The third-order valence-electron chi connectivity index (χ3n) is 3.82. The maximum atomic E-state index is 9.78. The number of phenols is 1. The van der Waals surface area contributed by atoms with Crippen molar-refractivity contribution in [3.05, 3.63) is 29.3 Å². The average molecular weight is 279 g/mol. The molecule has 3 nitrogen and oxygen atoms in total. The highest BCUT2D eigenvalue weighted by Crippen LogP contribution is 2.25. The van der Waals surface area contributed by atoms with Crippen LogP contribution in [0.15, 0.2) is 18.2 Å². The van der Waals surface area contributed by atoms with Crippen molar-refractivity contribution in [1.82, 2.24) is 5.48 Å². The van der Waals surface area contributed by atoms with E-state index in [0.29, 0.717) is 0 Å². The summed E-state index contributed by atoms with van der Waals surface area (Å²) in [5, 5.41) is 18.7. The summed E-state index contributed by atoms with van der Waals surface area (Å²) in [6.07, 6.45) is 10.2. The van der Waals surface area contributed by atoms with Crippen molar-refractivity contribution >= 4 is 0 Å². The molecular formula is C17H29NO2. The fourth-order valence-corrected chi connectivity index (χ4v) is 2.46. The van der Waals surface area contributed by atoms with Gasteiger partial charge in [0.2, 0.25) is 0 Å². The fraction of sp³-hybridized carbons (Fsp3) is 0.647. The Labute approximate surface area is 123 Å². The normalized spacial score (nSPS) is 12.6. The van der Waals surface area contributed by atoms with Crippen molar-refractivity contribution in [2.24, 2.45) is 0 Å². The Balaban J connectivity index is 2.33. The number of hydrogen-bond donors (Lipinski definition) is 3. The number of rotatable bonds is 10. The fourth-order valence-electron chi connectivity index (χ4n) is 2.46. The van der Waals surface area contributed by atoms with Crippen LogP contribution in [0, 0.1) is 0 Å². The number of nitrogens with one attached hydrogen (secondary N) is 1. The van der Waals surface area contributed by atoms with E-state index >= 15 is 0 Å². The van der Waals surface area contributed by atoms with E-state index in [4.69, 9.17) is 5.21 Å². The number of aryl methyl sites for hydroxylation is 1. The summed E-state index contributed by atoms with van der Waals surface area (Å²) in [6.45, 7) is 4.07. The van der Waals surface area contributed by atoms with Crippen LogP contribution in [0.25, 0.3) is 0 Å². The molecule has 1 aromatic rings. The number of benzene rings is 1. The number of hydroxylamine groups is 1. The molecule has 0 aliphatic carbocycles. The second kappa shape index (κ2) is 9.78. The predicted molar refractivity (Wildman–Crippen MR) is 83.1 cm³/mol. The lowest BCUT2D eigenvalue weighted by Gasteiger charge is -2.13. The van der Waals surface area contributed by atoms with Crippen LogP contribution in [0.3, 0.4) is 0 Å². The number of phenolic OH excluding ortho intramolecular Hbond substituents is 1. The Morgan fingerprint density at radius 1 is 1.05 bits per heavy atom. The van der Waals surface area contributed by atoms with Gasteiger partial charge in [0, 0.05) is 5.56 Å². The van der Waals surface area contributed by atoms with Gasteiger partial charge in [-0.05, 0) is 31.4 Å². The standard InChI is InChI=1S/C17H29NO2/c1-3-4-5-6-7-8-9-10-15-11-12-17(19)16(13-15)14(2)18-20/h11-14,18-20H,3-10H2,1-2H3. The molecule has 3 N–H and O–H groups in total. The maximum Gasteiger partial charge on any atom is 0.120 e. The first-order chi connectivity index (χ1) is 9.69. The monoisotopic (exact) mass is 279 g/mol. The lowest BCUT2D eigenvalue weighted by atomic mass is 10.00. The van der Waals surface area contributed by atoms with Gasteiger partial charge in [-0.1, -0.05) is 57.6 Å². The molecule has 0 saturated carbocycles. The first-order valence-corrected chi connectivity index (χ1v) is 7.90. The molecule has 20 heavy (non-hydrogen) atoms. The highest BCUT2D eigenvalue weighted by molar-refractivity contribution is 5.38. The molecule has 0 saturated heterocycles. The molecule has 0 heterocycles. The molecule has 1 unspecified atom stereocenters. The van der Waals surface area contributed by atoms with Gasteiger partial charge >= 0.3 is 0 Å². The molecule has 0 aliphatic rings. The second-order valence-corrected chi connectivity index (χ2v) is 5.62. The molecule has 0 amide bonds. The maximum absolute atomic E-state index is 9.78. The van der Waals surface area contributed by atoms with E-state index in [0.717, 1.165) is 12.0 Å². The van der Waals surface area contributed by atoms with Crippen molar-refractivity contribution < 1.29 is 10.3 Å². The lowest BCUT2D eigenvalue weighted by molar-refractivity contribution is 0.132. The van der Waals surface area contributed by atoms with Gasteiger partial charge in [0.15, 0.2) is 0 Å². The molecule has 0 bridgehead atoms. The number of aromatic hydroxyl groups is 1. The quantitative estimate of drug-likeness (QED) is 0.429. The van der Waals surface area contributed by atoms with Crippen LogP contribution < -0.4 is 5.48 Å². The summed E-state index contributed by atoms with van der Waals surface area (Å²) in [5.41, 5.74) is 4.17. The molecule has 0 aromatic heterocycles. The van der Waals surface area contributed by atoms with Crippen LogP contribution in [0.4, 0.5) is 0 Å². The van der Waals surface area contributed by atoms with Crippen molar-refractivity contribution in [3.8, 4) is 5.75 Å². The topological polar surface area (TPSA) is 52.5 Å². The van der Waals surface area contributed by atoms with Gasteiger partial charge in [0.05, 0.1) is 6.04 Å². The largest absolute Gasteiger partial charge is 0.508 e. The van der Waals surface area contributed by atoms with Gasteiger partial charge < -0.3 is 10.3 Å². The SMILES string of the molecule is CCCCCCCCCc1ccc(O)c(C(C)NO)c1. The average Bonchev–Trinajstić information content (AvgIpc) is 2.47. The van der Waals surface area contributed by atoms with E-state index < -0.39 is 0 Å². The lowest BCUT2D eigenvalue weighted by Crippen LogP contribution is -2.13. The van der Waals surface area contributed by atoms with Crippen LogP contribution >= 0.6 is 0 Å². The molecule has 0 radical (unpaired) electrons. The molecule has 0 aliphatic heterocycles.